The number of nitrogens with one attached hydrogen (secondary N) is 1. The summed E-state index contributed by atoms with van der Waals surface area (Å²) in [4.78, 5) is 4.43. The lowest BCUT2D eigenvalue weighted by molar-refractivity contribution is 0.146. The van der Waals surface area contributed by atoms with Crippen molar-refractivity contribution in [1.29, 1.82) is 0 Å². The molecule has 5 heteroatoms. The van der Waals surface area contributed by atoms with Gasteiger partial charge in [0, 0.05) is 35.4 Å². The molecule has 4 nitrogen and oxygen atoms in total. The first-order chi connectivity index (χ1) is 14.6. The first-order valence-electron chi connectivity index (χ1n) is 10.00. The number of aliphatic hydroxyl groups is 1. The summed E-state index contributed by atoms with van der Waals surface area (Å²) in [6.45, 7) is 1.91. The average molecular weight is 419 g/mol. The van der Waals surface area contributed by atoms with E-state index in [1.165, 1.54) is 0 Å². The second-order valence-corrected chi connectivity index (χ2v) is 7.90. The lowest BCUT2D eigenvalue weighted by atomic mass is 10.1. The normalized spacial score (nSPS) is 13.9. The van der Waals surface area contributed by atoms with Crippen molar-refractivity contribution in [2.45, 2.75) is 18.4 Å². The molecule has 0 aliphatic heterocycles. The minimum absolute atomic E-state index is 0.467. The molecular weight excluding hydrogens is 396 g/mol. The van der Waals surface area contributed by atoms with E-state index in [9.17, 15) is 5.11 Å². The van der Waals surface area contributed by atoms with E-state index in [2.05, 4.69) is 22.1 Å². The van der Waals surface area contributed by atoms with Crippen molar-refractivity contribution in [3.8, 4) is 28.7 Å². The lowest BCUT2D eigenvalue weighted by Gasteiger charge is -2.10. The third-order valence-corrected chi connectivity index (χ3v) is 5.21. The molecule has 1 fully saturated rings. The zero-order valence-electron chi connectivity index (χ0n) is 16.6. The van der Waals surface area contributed by atoms with E-state index < -0.39 is 5.60 Å². The first-order valence-corrected chi connectivity index (χ1v) is 10.4. The van der Waals surface area contributed by atoms with E-state index >= 15 is 0 Å². The molecule has 1 heterocycles. The molecule has 1 aromatic heterocycles. The van der Waals surface area contributed by atoms with Gasteiger partial charge in [0.05, 0.1) is 5.60 Å². The minimum Gasteiger partial charge on any atom is -0.492 e. The molecule has 3 aromatic rings. The van der Waals surface area contributed by atoms with Gasteiger partial charge < -0.3 is 15.2 Å². The topological polar surface area (TPSA) is 54.4 Å². The van der Waals surface area contributed by atoms with Gasteiger partial charge in [0.2, 0.25) is 0 Å². The van der Waals surface area contributed by atoms with E-state index in [4.69, 9.17) is 16.3 Å². The Morgan fingerprint density at radius 2 is 1.70 bits per heavy atom. The van der Waals surface area contributed by atoms with Gasteiger partial charge in [-0.15, -0.1) is 0 Å². The summed E-state index contributed by atoms with van der Waals surface area (Å²) in [6, 6.07) is 19.3. The number of nitrogens with zero attached hydrogens (tertiary/aromatic N) is 1. The Morgan fingerprint density at radius 1 is 0.967 bits per heavy atom. The standard InChI is InChI=1S/C25H23ClN2O2/c26-22-7-4-20(5-8-22)21-6-10-23(28-17-21)9-1-19-2-11-24(12-3-19)30-16-15-27-18-25(29)13-14-25/h2-8,10-12,17,27,29H,13-16,18H2. The summed E-state index contributed by atoms with van der Waals surface area (Å²) in [5.74, 6) is 7.02. The third-order valence-electron chi connectivity index (χ3n) is 4.96. The molecule has 2 N–H and O–H groups in total. The zero-order valence-corrected chi connectivity index (χ0v) is 17.3. The molecule has 0 spiro atoms. The molecule has 4 rings (SSSR count). The van der Waals surface area contributed by atoms with Gasteiger partial charge in [-0.2, -0.15) is 0 Å². The van der Waals surface area contributed by atoms with Crippen molar-refractivity contribution in [3.05, 3.63) is 83.1 Å². The summed E-state index contributed by atoms with van der Waals surface area (Å²) in [7, 11) is 0. The minimum atomic E-state index is -0.467. The molecular formula is C25H23ClN2O2. The highest BCUT2D eigenvalue weighted by atomic mass is 35.5. The predicted octanol–water partition coefficient (Wildman–Crippen LogP) is 4.30. The van der Waals surface area contributed by atoms with Gasteiger partial charge >= 0.3 is 0 Å². The van der Waals surface area contributed by atoms with Gasteiger partial charge in [-0.25, -0.2) is 4.98 Å². The van der Waals surface area contributed by atoms with Gasteiger partial charge in [0.15, 0.2) is 0 Å². The van der Waals surface area contributed by atoms with E-state index in [-0.39, 0.29) is 0 Å². The Hall–Kier alpha value is -2.84. The highest BCUT2D eigenvalue weighted by Crippen LogP contribution is 2.33. The Balaban J connectivity index is 1.27. The first kappa shape index (κ1) is 20.4. The second kappa shape index (κ2) is 9.32. The van der Waals surface area contributed by atoms with Gasteiger partial charge in [0.25, 0.3) is 0 Å². The van der Waals surface area contributed by atoms with Crippen molar-refractivity contribution in [2.24, 2.45) is 0 Å². The lowest BCUT2D eigenvalue weighted by Crippen LogP contribution is -2.31. The second-order valence-electron chi connectivity index (χ2n) is 7.46. The van der Waals surface area contributed by atoms with Crippen LogP contribution in [0, 0.1) is 11.8 Å². The molecule has 0 amide bonds. The number of pyridine rings is 1. The maximum Gasteiger partial charge on any atom is 0.119 e. The number of ether oxygens (including phenoxy) is 1. The van der Waals surface area contributed by atoms with Gasteiger partial charge in [-0.3, -0.25) is 0 Å². The maximum atomic E-state index is 9.76. The van der Waals surface area contributed by atoms with Crippen LogP contribution in [-0.4, -0.2) is 35.4 Å². The number of hydrogen-bond acceptors (Lipinski definition) is 4. The van der Waals surface area contributed by atoms with E-state index in [0.717, 1.165) is 46.0 Å². The summed E-state index contributed by atoms with van der Waals surface area (Å²) in [6.07, 6.45) is 3.61. The van der Waals surface area contributed by atoms with E-state index in [1.54, 1.807) is 0 Å². The molecule has 0 radical (unpaired) electrons. The number of hydrogen-bond donors (Lipinski definition) is 2. The van der Waals surface area contributed by atoms with Crippen LogP contribution in [0.1, 0.15) is 24.1 Å². The molecule has 0 bridgehead atoms. The molecule has 30 heavy (non-hydrogen) atoms. The molecule has 2 aromatic carbocycles. The van der Waals surface area contributed by atoms with Crippen molar-refractivity contribution in [3.63, 3.8) is 0 Å². The molecule has 0 atom stereocenters. The van der Waals surface area contributed by atoms with Crippen molar-refractivity contribution in [2.75, 3.05) is 19.7 Å². The summed E-state index contributed by atoms with van der Waals surface area (Å²) in [5, 5.41) is 13.7. The number of rotatable bonds is 7. The van der Waals surface area contributed by atoms with E-state index in [0.29, 0.717) is 19.7 Å². The highest BCUT2D eigenvalue weighted by molar-refractivity contribution is 6.30. The van der Waals surface area contributed by atoms with Crippen LogP contribution in [0.15, 0.2) is 66.9 Å². The van der Waals surface area contributed by atoms with Crippen molar-refractivity contribution < 1.29 is 9.84 Å². The summed E-state index contributed by atoms with van der Waals surface area (Å²) < 4.78 is 5.71. The molecule has 1 aliphatic carbocycles. The van der Waals surface area contributed by atoms with Crippen LogP contribution in [0.25, 0.3) is 11.1 Å². The average Bonchev–Trinajstić information content (AvgIpc) is 3.51. The Labute approximate surface area is 181 Å². The SMILES string of the molecule is OC1(CNCCOc2ccc(C#Cc3ccc(-c4ccc(Cl)cc4)cn3)cc2)CC1. The quantitative estimate of drug-likeness (QED) is 0.444. The Bertz CT molecular complexity index is 1030. The highest BCUT2D eigenvalue weighted by Gasteiger charge is 2.39. The van der Waals surface area contributed by atoms with Gasteiger partial charge in [-0.05, 0) is 66.8 Å². The van der Waals surface area contributed by atoms with Crippen LogP contribution in [-0.2, 0) is 0 Å². The molecule has 1 aliphatic rings. The molecule has 0 saturated heterocycles. The van der Waals surface area contributed by atoms with Crippen molar-refractivity contribution in [1.82, 2.24) is 10.3 Å². The van der Waals surface area contributed by atoms with Crippen LogP contribution >= 0.6 is 11.6 Å². The molecule has 152 valence electrons. The Kier molecular flexibility index (Phi) is 6.35. The third kappa shape index (κ3) is 5.84. The van der Waals surface area contributed by atoms with Crippen LogP contribution in [0.2, 0.25) is 5.02 Å². The Morgan fingerprint density at radius 3 is 2.37 bits per heavy atom. The smallest absolute Gasteiger partial charge is 0.119 e. The fourth-order valence-corrected chi connectivity index (χ4v) is 3.06. The van der Waals surface area contributed by atoms with E-state index in [1.807, 2.05) is 66.9 Å². The molecule has 1 saturated carbocycles. The number of benzene rings is 2. The maximum absolute atomic E-state index is 9.76. The van der Waals surface area contributed by atoms with Crippen LogP contribution in [0.4, 0.5) is 0 Å². The van der Waals surface area contributed by atoms with Crippen LogP contribution < -0.4 is 10.1 Å². The van der Waals surface area contributed by atoms with Crippen LogP contribution in [0.3, 0.4) is 0 Å². The number of halogens is 1. The zero-order chi connectivity index (χ0) is 20.8. The van der Waals surface area contributed by atoms with Gasteiger partial charge in [-0.1, -0.05) is 35.7 Å². The van der Waals surface area contributed by atoms with Gasteiger partial charge in [0.1, 0.15) is 18.1 Å². The van der Waals surface area contributed by atoms with Crippen LogP contribution in [0.5, 0.6) is 5.75 Å². The summed E-state index contributed by atoms with van der Waals surface area (Å²) in [5.41, 5.74) is 3.25. The largest absolute Gasteiger partial charge is 0.492 e. The molecule has 0 unspecified atom stereocenters. The summed E-state index contributed by atoms with van der Waals surface area (Å²) >= 11 is 5.94. The monoisotopic (exact) mass is 418 g/mol. The fourth-order valence-electron chi connectivity index (χ4n) is 2.93. The fraction of sp³-hybridized carbons (Fsp3) is 0.240. The van der Waals surface area contributed by atoms with Crippen molar-refractivity contribution >= 4 is 11.6 Å². The number of aromatic nitrogens is 1. The predicted molar refractivity (Wildman–Crippen MR) is 120 cm³/mol.